The lowest BCUT2D eigenvalue weighted by Crippen LogP contribution is -2.30. The molecule has 2 N–H and O–H groups in total. The Balaban J connectivity index is 2.46. The molecular weight excluding hydrogens is 172 g/mol. The summed E-state index contributed by atoms with van der Waals surface area (Å²) in [6, 6.07) is -0.0218. The van der Waals surface area contributed by atoms with Gasteiger partial charge in [-0.3, -0.25) is 4.79 Å². The van der Waals surface area contributed by atoms with Crippen LogP contribution in [-0.2, 0) is 6.42 Å². The molecule has 0 aliphatic heterocycles. The summed E-state index contributed by atoms with van der Waals surface area (Å²) in [5.74, 6) is 0.161. The van der Waals surface area contributed by atoms with Gasteiger partial charge in [-0.05, 0) is 6.92 Å². The number of nitrogens with two attached hydrogens (primary N) is 1. The number of carbonyl (C=O) groups excluding carboxylic acids is 1. The molecule has 1 unspecified atom stereocenters. The van der Waals surface area contributed by atoms with Crippen LogP contribution in [0.2, 0.25) is 0 Å². The van der Waals surface area contributed by atoms with Crippen molar-refractivity contribution in [2.24, 2.45) is 5.73 Å². The molecule has 0 fully saturated rings. The molecule has 2 rings (SSSR count). The molecule has 1 aliphatic rings. The van der Waals surface area contributed by atoms with E-state index in [1.807, 2.05) is 6.92 Å². The van der Waals surface area contributed by atoms with E-state index in [0.717, 1.165) is 22.0 Å². The smallest absolute Gasteiger partial charge is 0.176 e. The Labute approximate surface area is 74.6 Å². The van der Waals surface area contributed by atoms with Gasteiger partial charge in [-0.2, -0.15) is 0 Å². The minimum absolute atomic E-state index is 0.0218. The lowest BCUT2D eigenvalue weighted by molar-refractivity contribution is 0.0969. The summed E-state index contributed by atoms with van der Waals surface area (Å²) in [5, 5.41) is 0.961. The van der Waals surface area contributed by atoms with Crippen molar-refractivity contribution in [3.05, 3.63) is 15.6 Å². The maximum atomic E-state index is 11.4. The van der Waals surface area contributed by atoms with Crippen LogP contribution in [0.5, 0.6) is 0 Å². The van der Waals surface area contributed by atoms with E-state index in [1.54, 1.807) is 0 Å². The van der Waals surface area contributed by atoms with Crippen LogP contribution in [0.25, 0.3) is 0 Å². The highest BCUT2D eigenvalue weighted by Crippen LogP contribution is 2.25. The van der Waals surface area contributed by atoms with E-state index in [4.69, 9.17) is 5.73 Å². The summed E-state index contributed by atoms with van der Waals surface area (Å²) in [4.78, 5) is 16.5. The molecule has 0 aromatic carbocycles. The van der Waals surface area contributed by atoms with Gasteiger partial charge in [0.25, 0.3) is 0 Å². The lowest BCUT2D eigenvalue weighted by atomic mass is 9.97. The molecule has 1 aromatic rings. The average molecular weight is 182 g/mol. The first-order valence-corrected chi connectivity index (χ1v) is 4.73. The topological polar surface area (TPSA) is 56.0 Å². The second kappa shape index (κ2) is 2.64. The van der Waals surface area contributed by atoms with E-state index in [1.165, 1.54) is 11.3 Å². The second-order valence-electron chi connectivity index (χ2n) is 3.10. The van der Waals surface area contributed by atoms with Gasteiger partial charge in [-0.15, -0.1) is 11.3 Å². The van der Waals surface area contributed by atoms with E-state index in [0.29, 0.717) is 6.42 Å². The highest BCUT2D eigenvalue weighted by Gasteiger charge is 2.25. The number of hydrogen-bond donors (Lipinski definition) is 1. The number of nitrogens with zero attached hydrogens (tertiary/aromatic N) is 1. The molecule has 0 bridgehead atoms. The van der Waals surface area contributed by atoms with Gasteiger partial charge in [-0.1, -0.05) is 0 Å². The monoisotopic (exact) mass is 182 g/mol. The number of hydrogen-bond acceptors (Lipinski definition) is 4. The van der Waals surface area contributed by atoms with E-state index in [-0.39, 0.29) is 11.8 Å². The van der Waals surface area contributed by atoms with Crippen molar-refractivity contribution in [1.29, 1.82) is 0 Å². The van der Waals surface area contributed by atoms with Gasteiger partial charge >= 0.3 is 0 Å². The molecular formula is C8H10N2OS. The maximum Gasteiger partial charge on any atom is 0.176 e. The number of aromatic nitrogens is 1. The van der Waals surface area contributed by atoms with Crippen molar-refractivity contribution in [2.45, 2.75) is 25.8 Å². The van der Waals surface area contributed by atoms with Gasteiger partial charge in [-0.25, -0.2) is 4.98 Å². The van der Waals surface area contributed by atoms with Gasteiger partial charge in [0.05, 0.1) is 15.6 Å². The van der Waals surface area contributed by atoms with Crippen LogP contribution in [0.1, 0.15) is 26.8 Å². The number of rotatable bonds is 0. The molecule has 12 heavy (non-hydrogen) atoms. The Morgan fingerprint density at radius 1 is 1.58 bits per heavy atom. The highest BCUT2D eigenvalue weighted by molar-refractivity contribution is 7.13. The van der Waals surface area contributed by atoms with Crippen molar-refractivity contribution in [3.8, 4) is 0 Å². The normalized spacial score (nSPS) is 22.5. The van der Waals surface area contributed by atoms with E-state index in [2.05, 4.69) is 4.98 Å². The van der Waals surface area contributed by atoms with Crippen molar-refractivity contribution >= 4 is 17.1 Å². The minimum Gasteiger partial charge on any atom is -0.327 e. The standard InChI is InChI=1S/C8H10N2OS/c1-4-10-6-2-5(9)3-7(11)8(6)12-4/h5H,2-3,9H2,1H3. The average Bonchev–Trinajstić information content (AvgIpc) is 2.29. The summed E-state index contributed by atoms with van der Waals surface area (Å²) < 4.78 is 0. The Morgan fingerprint density at radius 2 is 2.33 bits per heavy atom. The zero-order valence-electron chi connectivity index (χ0n) is 6.83. The van der Waals surface area contributed by atoms with Crippen molar-refractivity contribution in [1.82, 2.24) is 4.98 Å². The van der Waals surface area contributed by atoms with Crippen molar-refractivity contribution < 1.29 is 4.79 Å². The number of Topliss-reactive ketones (excluding diaryl/α,β-unsaturated/α-hetero) is 1. The first kappa shape index (κ1) is 7.89. The van der Waals surface area contributed by atoms with Crippen LogP contribution in [-0.4, -0.2) is 16.8 Å². The third-order valence-corrected chi connectivity index (χ3v) is 3.01. The molecule has 1 heterocycles. The Kier molecular flexibility index (Phi) is 1.73. The maximum absolute atomic E-state index is 11.4. The van der Waals surface area contributed by atoms with Gasteiger partial charge < -0.3 is 5.73 Å². The van der Waals surface area contributed by atoms with Crippen LogP contribution >= 0.6 is 11.3 Å². The number of carbonyl (C=O) groups is 1. The molecule has 1 aliphatic carbocycles. The summed E-state index contributed by atoms with van der Waals surface area (Å²) >= 11 is 1.48. The van der Waals surface area contributed by atoms with E-state index >= 15 is 0 Å². The molecule has 0 spiro atoms. The van der Waals surface area contributed by atoms with Crippen LogP contribution in [0.3, 0.4) is 0 Å². The first-order chi connectivity index (χ1) is 5.66. The summed E-state index contributed by atoms with van der Waals surface area (Å²) in [6.45, 7) is 1.92. The largest absolute Gasteiger partial charge is 0.327 e. The van der Waals surface area contributed by atoms with Crippen molar-refractivity contribution in [3.63, 3.8) is 0 Å². The fraction of sp³-hybridized carbons (Fsp3) is 0.500. The molecule has 1 aromatic heterocycles. The lowest BCUT2D eigenvalue weighted by Gasteiger charge is -2.14. The van der Waals surface area contributed by atoms with Gasteiger partial charge in [0, 0.05) is 18.9 Å². The van der Waals surface area contributed by atoms with Crippen LogP contribution in [0.4, 0.5) is 0 Å². The summed E-state index contributed by atoms with van der Waals surface area (Å²) in [6.07, 6.45) is 1.24. The first-order valence-electron chi connectivity index (χ1n) is 3.92. The van der Waals surface area contributed by atoms with Gasteiger partial charge in [0.15, 0.2) is 5.78 Å². The van der Waals surface area contributed by atoms with Crippen LogP contribution in [0.15, 0.2) is 0 Å². The van der Waals surface area contributed by atoms with Crippen molar-refractivity contribution in [2.75, 3.05) is 0 Å². The SMILES string of the molecule is Cc1nc2c(s1)C(=O)CC(N)C2. The fourth-order valence-corrected chi connectivity index (χ4v) is 2.37. The second-order valence-corrected chi connectivity index (χ2v) is 4.30. The molecule has 1 atom stereocenters. The predicted octanol–water partition coefficient (Wildman–Crippen LogP) is 0.908. The molecule has 3 nitrogen and oxygen atoms in total. The molecule has 0 radical (unpaired) electrons. The Hall–Kier alpha value is -0.740. The van der Waals surface area contributed by atoms with E-state index < -0.39 is 0 Å². The number of thiazole rings is 1. The minimum atomic E-state index is -0.0218. The van der Waals surface area contributed by atoms with Gasteiger partial charge in [0.1, 0.15) is 0 Å². The Bertz CT molecular complexity index is 332. The van der Waals surface area contributed by atoms with E-state index in [9.17, 15) is 4.79 Å². The Morgan fingerprint density at radius 3 is 3.08 bits per heavy atom. The fourth-order valence-electron chi connectivity index (χ4n) is 1.48. The number of aryl methyl sites for hydroxylation is 1. The zero-order valence-corrected chi connectivity index (χ0v) is 7.65. The quantitative estimate of drug-likeness (QED) is 0.648. The predicted molar refractivity (Wildman–Crippen MR) is 47.5 cm³/mol. The number of fused-ring (bicyclic) bond motifs is 1. The van der Waals surface area contributed by atoms with Crippen LogP contribution in [0, 0.1) is 6.92 Å². The third kappa shape index (κ3) is 1.17. The molecule has 4 heteroatoms. The molecule has 0 amide bonds. The zero-order chi connectivity index (χ0) is 8.72. The van der Waals surface area contributed by atoms with Gasteiger partial charge in [0.2, 0.25) is 0 Å². The molecule has 0 saturated carbocycles. The number of ketones is 1. The molecule has 0 saturated heterocycles. The summed E-state index contributed by atoms with van der Waals surface area (Å²) in [5.41, 5.74) is 6.60. The molecule has 64 valence electrons. The highest BCUT2D eigenvalue weighted by atomic mass is 32.1. The summed E-state index contributed by atoms with van der Waals surface area (Å²) in [7, 11) is 0. The van der Waals surface area contributed by atoms with Crippen LogP contribution < -0.4 is 5.73 Å². The third-order valence-electron chi connectivity index (χ3n) is 1.96.